The van der Waals surface area contributed by atoms with Crippen molar-refractivity contribution in [1.82, 2.24) is 4.90 Å². The lowest BCUT2D eigenvalue weighted by Crippen LogP contribution is -2.50. The van der Waals surface area contributed by atoms with Crippen LogP contribution in [0.2, 0.25) is 0 Å². The number of morpholine rings is 1. The zero-order valence-corrected chi connectivity index (χ0v) is 14.2. The summed E-state index contributed by atoms with van der Waals surface area (Å²) in [7, 11) is -1.14. The summed E-state index contributed by atoms with van der Waals surface area (Å²) >= 11 is 0. The Kier molecular flexibility index (Phi) is 5.97. The Morgan fingerprint density at radius 1 is 1.45 bits per heavy atom. The van der Waals surface area contributed by atoms with E-state index in [-0.39, 0.29) is 12.1 Å². The van der Waals surface area contributed by atoms with Crippen molar-refractivity contribution >= 4 is 22.5 Å². The molecule has 22 heavy (non-hydrogen) atoms. The number of carbonyl (C=O) groups excluding carboxylic acids is 1. The summed E-state index contributed by atoms with van der Waals surface area (Å²) in [6.45, 7) is 6.00. The molecule has 0 aliphatic carbocycles. The average molecular weight is 324 g/mol. The second-order valence-corrected chi connectivity index (χ2v) is 7.28. The van der Waals surface area contributed by atoms with E-state index in [1.165, 1.54) is 0 Å². The predicted octanol–water partition coefficient (Wildman–Crippen LogP) is 2.70. The van der Waals surface area contributed by atoms with Gasteiger partial charge in [-0.2, -0.15) is 0 Å². The van der Waals surface area contributed by atoms with E-state index in [9.17, 15) is 9.00 Å². The molecular formula is C16H24N2O3S. The van der Waals surface area contributed by atoms with Gasteiger partial charge in [0.25, 0.3) is 0 Å². The number of para-hydroxylation sites is 1. The molecule has 1 aliphatic heterocycles. The van der Waals surface area contributed by atoms with Gasteiger partial charge in [0.15, 0.2) is 0 Å². The first-order valence-corrected chi connectivity index (χ1v) is 9.12. The zero-order chi connectivity index (χ0) is 16.1. The monoisotopic (exact) mass is 324 g/mol. The van der Waals surface area contributed by atoms with Gasteiger partial charge in [0.2, 0.25) is 0 Å². The van der Waals surface area contributed by atoms with E-state index in [0.29, 0.717) is 36.3 Å². The van der Waals surface area contributed by atoms with Gasteiger partial charge in [0.05, 0.1) is 40.6 Å². The van der Waals surface area contributed by atoms with Gasteiger partial charge in [0.1, 0.15) is 0 Å². The van der Waals surface area contributed by atoms with E-state index in [2.05, 4.69) is 19.2 Å². The van der Waals surface area contributed by atoms with Crippen molar-refractivity contribution in [1.29, 1.82) is 0 Å². The topological polar surface area (TPSA) is 58.6 Å². The third kappa shape index (κ3) is 4.30. The summed E-state index contributed by atoms with van der Waals surface area (Å²) in [6.07, 6.45) is 2.52. The molecule has 2 amide bonds. The van der Waals surface area contributed by atoms with Crippen LogP contribution in [-0.2, 0) is 15.5 Å². The van der Waals surface area contributed by atoms with Crippen molar-refractivity contribution < 1.29 is 13.7 Å². The fourth-order valence-electron chi connectivity index (χ4n) is 2.67. The molecule has 1 aliphatic rings. The van der Waals surface area contributed by atoms with Crippen LogP contribution in [0.5, 0.6) is 0 Å². The summed E-state index contributed by atoms with van der Waals surface area (Å²) in [5, 5.41) is 2.90. The summed E-state index contributed by atoms with van der Waals surface area (Å²) in [5.74, 6) is 0.498. The standard InChI is InChI=1S/C16H24N2O3S/c1-12(2)10-13-11-21-9-8-18(13)16(19)17-14-6-4-5-7-15(14)22(3)20/h4-7,12-13H,8-11H2,1-3H3,(H,17,19)/t13-,22-/m0/s1. The number of rotatable bonds is 4. The Morgan fingerprint density at radius 3 is 2.86 bits per heavy atom. The summed E-state index contributed by atoms with van der Waals surface area (Å²) in [5.41, 5.74) is 0.614. The van der Waals surface area contributed by atoms with Gasteiger partial charge in [-0.3, -0.25) is 4.21 Å². The fourth-order valence-corrected chi connectivity index (χ4v) is 3.37. The maximum atomic E-state index is 12.6. The number of urea groups is 1. The van der Waals surface area contributed by atoms with Crippen molar-refractivity contribution in [3.63, 3.8) is 0 Å². The first-order chi connectivity index (χ1) is 10.5. The number of carbonyl (C=O) groups is 1. The first kappa shape index (κ1) is 17.0. The number of hydrogen-bond donors (Lipinski definition) is 1. The first-order valence-electron chi connectivity index (χ1n) is 7.57. The summed E-state index contributed by atoms with van der Waals surface area (Å²) in [4.78, 5) is 15.1. The quantitative estimate of drug-likeness (QED) is 0.926. The molecule has 0 unspecified atom stereocenters. The molecule has 0 radical (unpaired) electrons. The highest BCUT2D eigenvalue weighted by Crippen LogP contribution is 2.21. The highest BCUT2D eigenvalue weighted by molar-refractivity contribution is 7.84. The third-order valence-electron chi connectivity index (χ3n) is 3.67. The molecule has 0 saturated carbocycles. The van der Waals surface area contributed by atoms with Crippen molar-refractivity contribution in [3.8, 4) is 0 Å². The lowest BCUT2D eigenvalue weighted by Gasteiger charge is -2.36. The number of nitrogens with one attached hydrogen (secondary N) is 1. The Morgan fingerprint density at radius 2 is 2.18 bits per heavy atom. The molecule has 5 nitrogen and oxygen atoms in total. The molecule has 1 N–H and O–H groups in total. The van der Waals surface area contributed by atoms with Gasteiger partial charge in [-0.15, -0.1) is 0 Å². The molecule has 0 bridgehead atoms. The highest BCUT2D eigenvalue weighted by atomic mass is 32.2. The zero-order valence-electron chi connectivity index (χ0n) is 13.4. The maximum absolute atomic E-state index is 12.6. The lowest BCUT2D eigenvalue weighted by molar-refractivity contribution is 0.00856. The number of anilines is 1. The second kappa shape index (κ2) is 7.74. The van der Waals surface area contributed by atoms with Crippen LogP contribution in [0, 0.1) is 5.92 Å². The molecule has 1 saturated heterocycles. The van der Waals surface area contributed by atoms with Crippen LogP contribution in [0.15, 0.2) is 29.2 Å². The lowest BCUT2D eigenvalue weighted by atomic mass is 10.0. The average Bonchev–Trinajstić information content (AvgIpc) is 2.47. The molecule has 122 valence electrons. The Hall–Kier alpha value is -1.40. The number of ether oxygens (including phenoxy) is 1. The minimum absolute atomic E-state index is 0.0908. The van der Waals surface area contributed by atoms with Gasteiger partial charge >= 0.3 is 6.03 Å². The number of nitrogens with zero attached hydrogens (tertiary/aromatic N) is 1. The molecule has 1 heterocycles. The Balaban J connectivity index is 2.12. The minimum Gasteiger partial charge on any atom is -0.377 e. The van der Waals surface area contributed by atoms with Gasteiger partial charge in [-0.1, -0.05) is 26.0 Å². The number of hydrogen-bond acceptors (Lipinski definition) is 3. The Labute approximate surface area is 134 Å². The van der Waals surface area contributed by atoms with Crippen LogP contribution >= 0.6 is 0 Å². The highest BCUT2D eigenvalue weighted by Gasteiger charge is 2.28. The maximum Gasteiger partial charge on any atom is 0.322 e. The smallest absolute Gasteiger partial charge is 0.322 e. The van der Waals surface area contributed by atoms with E-state index in [4.69, 9.17) is 4.74 Å². The molecule has 1 fully saturated rings. The van der Waals surface area contributed by atoms with Crippen molar-refractivity contribution in [2.75, 3.05) is 31.3 Å². The number of amides is 2. The van der Waals surface area contributed by atoms with Crippen molar-refractivity contribution in [3.05, 3.63) is 24.3 Å². The summed E-state index contributed by atoms with van der Waals surface area (Å²) in [6, 6.07) is 7.16. The summed E-state index contributed by atoms with van der Waals surface area (Å²) < 4.78 is 17.3. The van der Waals surface area contributed by atoms with Crippen LogP contribution in [-0.4, -0.2) is 47.2 Å². The predicted molar refractivity (Wildman–Crippen MR) is 88.6 cm³/mol. The molecule has 0 aromatic heterocycles. The van der Waals surface area contributed by atoms with E-state index < -0.39 is 10.8 Å². The molecule has 1 aromatic carbocycles. The third-order valence-corrected chi connectivity index (χ3v) is 4.65. The molecule has 2 rings (SSSR count). The van der Waals surface area contributed by atoms with Gasteiger partial charge in [-0.25, -0.2) is 4.79 Å². The van der Waals surface area contributed by atoms with Crippen molar-refractivity contribution in [2.24, 2.45) is 5.92 Å². The van der Waals surface area contributed by atoms with E-state index in [1.54, 1.807) is 18.4 Å². The van der Waals surface area contributed by atoms with Gasteiger partial charge < -0.3 is 15.0 Å². The van der Waals surface area contributed by atoms with Gasteiger partial charge in [0, 0.05) is 12.8 Å². The van der Waals surface area contributed by atoms with E-state index >= 15 is 0 Å². The van der Waals surface area contributed by atoms with E-state index in [1.807, 2.05) is 17.0 Å². The largest absolute Gasteiger partial charge is 0.377 e. The second-order valence-electron chi connectivity index (χ2n) is 5.93. The Bertz CT molecular complexity index is 548. The van der Waals surface area contributed by atoms with Crippen LogP contribution in [0.3, 0.4) is 0 Å². The molecule has 6 heteroatoms. The molecule has 1 aromatic rings. The minimum atomic E-state index is -1.14. The SMILES string of the molecule is CC(C)C[C@H]1COCCN1C(=O)Nc1ccccc1[S@](C)=O. The van der Waals surface area contributed by atoms with Gasteiger partial charge in [-0.05, 0) is 24.5 Å². The van der Waals surface area contributed by atoms with Crippen LogP contribution < -0.4 is 5.32 Å². The van der Waals surface area contributed by atoms with Crippen molar-refractivity contribution in [2.45, 2.75) is 31.2 Å². The van der Waals surface area contributed by atoms with E-state index in [0.717, 1.165) is 6.42 Å². The molecule has 0 spiro atoms. The van der Waals surface area contributed by atoms with Crippen LogP contribution in [0.1, 0.15) is 20.3 Å². The fraction of sp³-hybridized carbons (Fsp3) is 0.562. The molecule has 2 atom stereocenters. The van der Waals surface area contributed by atoms with Crippen LogP contribution in [0.25, 0.3) is 0 Å². The number of benzene rings is 1. The normalized spacial score (nSPS) is 20.0. The van der Waals surface area contributed by atoms with Crippen LogP contribution in [0.4, 0.5) is 10.5 Å². The molecular weight excluding hydrogens is 300 g/mol.